The number of nitrogens with zero attached hydrogens (tertiary/aromatic N) is 2. The Kier molecular flexibility index (Phi) is 5.31. The summed E-state index contributed by atoms with van der Waals surface area (Å²) in [5.74, 6) is 0.548. The first-order valence-electron chi connectivity index (χ1n) is 8.13. The predicted octanol–water partition coefficient (Wildman–Crippen LogP) is 2.43. The van der Waals surface area contributed by atoms with E-state index in [0.717, 1.165) is 16.0 Å². The molecule has 3 aromatic rings. The molecule has 1 N–H and O–H groups in total. The Morgan fingerprint density at radius 2 is 1.81 bits per heavy atom. The molecular weight excluding hydrogens is 370 g/mol. The van der Waals surface area contributed by atoms with E-state index in [-0.39, 0.29) is 11.1 Å². The van der Waals surface area contributed by atoms with Crippen molar-refractivity contribution < 1.29 is 19.0 Å². The van der Waals surface area contributed by atoms with Gasteiger partial charge in [-0.3, -0.25) is 15.0 Å². The molecule has 1 aromatic carbocycles. The van der Waals surface area contributed by atoms with Gasteiger partial charge in [0.05, 0.1) is 26.7 Å². The molecule has 0 fully saturated rings. The number of fused-ring (bicyclic) bond motifs is 1. The number of amides is 1. The van der Waals surface area contributed by atoms with Gasteiger partial charge in [-0.05, 0) is 24.6 Å². The van der Waals surface area contributed by atoms with Gasteiger partial charge >= 0.3 is 0 Å². The number of carbonyl (C=O) groups excluding carboxylic acids is 1. The maximum atomic E-state index is 12.7. The molecule has 8 nitrogen and oxygen atoms in total. The molecule has 27 heavy (non-hydrogen) atoms. The van der Waals surface area contributed by atoms with Gasteiger partial charge in [0.2, 0.25) is 5.75 Å². The molecule has 0 saturated carbocycles. The van der Waals surface area contributed by atoms with Crippen LogP contribution in [0.4, 0.5) is 0 Å². The minimum absolute atomic E-state index is 0.246. The van der Waals surface area contributed by atoms with Gasteiger partial charge in [0, 0.05) is 10.4 Å². The molecule has 0 radical (unpaired) electrons. The molecule has 2 heterocycles. The van der Waals surface area contributed by atoms with Crippen LogP contribution in [0.1, 0.15) is 22.2 Å². The zero-order valence-electron chi connectivity index (χ0n) is 15.4. The minimum atomic E-state index is -0.511. The van der Waals surface area contributed by atoms with Crippen molar-refractivity contribution in [3.05, 3.63) is 45.3 Å². The Balaban J connectivity index is 1.97. The SMILES string of the molecule is CCc1cc2c(=O)n(NC(=O)c3cc(OC)c(OC)c(OC)c3)cnc2s1. The quantitative estimate of drug-likeness (QED) is 0.696. The maximum Gasteiger partial charge on any atom is 0.280 e. The van der Waals surface area contributed by atoms with Crippen molar-refractivity contribution in [2.45, 2.75) is 13.3 Å². The Bertz CT molecular complexity index is 1030. The minimum Gasteiger partial charge on any atom is -0.493 e. The molecule has 142 valence electrons. The van der Waals surface area contributed by atoms with Crippen LogP contribution in [0.2, 0.25) is 0 Å². The lowest BCUT2D eigenvalue weighted by molar-refractivity contribution is 0.101. The Morgan fingerprint density at radius 3 is 2.37 bits per heavy atom. The van der Waals surface area contributed by atoms with Crippen molar-refractivity contribution in [2.24, 2.45) is 0 Å². The molecule has 0 aliphatic carbocycles. The number of aryl methyl sites for hydroxylation is 1. The van der Waals surface area contributed by atoms with Crippen LogP contribution in [-0.4, -0.2) is 36.9 Å². The van der Waals surface area contributed by atoms with E-state index in [2.05, 4.69) is 10.4 Å². The molecule has 2 aromatic heterocycles. The zero-order valence-corrected chi connectivity index (χ0v) is 16.2. The molecule has 1 amide bonds. The monoisotopic (exact) mass is 389 g/mol. The van der Waals surface area contributed by atoms with Crippen LogP contribution in [-0.2, 0) is 6.42 Å². The number of hydrogen-bond acceptors (Lipinski definition) is 7. The molecule has 0 bridgehead atoms. The summed E-state index contributed by atoms with van der Waals surface area (Å²) in [6.45, 7) is 2.01. The second-order valence-electron chi connectivity index (χ2n) is 5.56. The molecule has 0 aliphatic heterocycles. The number of carbonyl (C=O) groups is 1. The van der Waals surface area contributed by atoms with Gasteiger partial charge < -0.3 is 14.2 Å². The Labute approximate surface area is 159 Å². The van der Waals surface area contributed by atoms with E-state index in [1.54, 1.807) is 6.07 Å². The molecule has 9 heteroatoms. The van der Waals surface area contributed by atoms with Crippen LogP contribution < -0.4 is 25.2 Å². The van der Waals surface area contributed by atoms with Crippen LogP contribution in [0, 0.1) is 0 Å². The highest BCUT2D eigenvalue weighted by Gasteiger charge is 2.18. The molecule has 0 aliphatic rings. The lowest BCUT2D eigenvalue weighted by Gasteiger charge is -2.14. The van der Waals surface area contributed by atoms with Crippen molar-refractivity contribution in [3.63, 3.8) is 0 Å². The van der Waals surface area contributed by atoms with Crippen molar-refractivity contribution in [1.29, 1.82) is 0 Å². The topological polar surface area (TPSA) is 91.7 Å². The maximum absolute atomic E-state index is 12.7. The summed E-state index contributed by atoms with van der Waals surface area (Å²) in [4.78, 5) is 31.2. The van der Waals surface area contributed by atoms with E-state index in [1.807, 2.05) is 6.92 Å². The van der Waals surface area contributed by atoms with Crippen molar-refractivity contribution in [3.8, 4) is 17.2 Å². The summed E-state index contributed by atoms with van der Waals surface area (Å²) in [6, 6.07) is 4.82. The number of ether oxygens (including phenoxy) is 3. The summed E-state index contributed by atoms with van der Waals surface area (Å²) < 4.78 is 16.8. The van der Waals surface area contributed by atoms with E-state index in [1.165, 1.54) is 51.1 Å². The summed E-state index contributed by atoms with van der Waals surface area (Å²) in [6.07, 6.45) is 2.12. The first-order valence-corrected chi connectivity index (χ1v) is 8.95. The largest absolute Gasteiger partial charge is 0.493 e. The van der Waals surface area contributed by atoms with Crippen LogP contribution in [0.3, 0.4) is 0 Å². The standard InChI is InChI=1S/C18H19N3O5S/c1-5-11-8-12-17(27-11)19-9-21(18(12)23)20-16(22)10-6-13(24-2)15(26-4)14(7-10)25-3/h6-9H,5H2,1-4H3,(H,20,22). The summed E-state index contributed by atoms with van der Waals surface area (Å²) >= 11 is 1.47. The summed E-state index contributed by atoms with van der Waals surface area (Å²) in [5.41, 5.74) is 2.45. The Hall–Kier alpha value is -3.07. The van der Waals surface area contributed by atoms with E-state index in [9.17, 15) is 9.59 Å². The average molecular weight is 389 g/mol. The van der Waals surface area contributed by atoms with Gasteiger partial charge in [-0.25, -0.2) is 9.66 Å². The van der Waals surface area contributed by atoms with Crippen LogP contribution in [0.5, 0.6) is 17.2 Å². The number of methoxy groups -OCH3 is 3. The molecule has 0 unspecified atom stereocenters. The molecule has 3 rings (SSSR count). The van der Waals surface area contributed by atoms with Crippen LogP contribution >= 0.6 is 11.3 Å². The van der Waals surface area contributed by atoms with Gasteiger partial charge in [-0.2, -0.15) is 0 Å². The predicted molar refractivity (Wildman–Crippen MR) is 103 cm³/mol. The number of nitrogens with one attached hydrogen (secondary N) is 1. The van der Waals surface area contributed by atoms with Gasteiger partial charge in [-0.1, -0.05) is 6.92 Å². The fourth-order valence-corrected chi connectivity index (χ4v) is 3.54. The zero-order chi connectivity index (χ0) is 19.6. The fourth-order valence-electron chi connectivity index (χ4n) is 2.61. The van der Waals surface area contributed by atoms with E-state index in [0.29, 0.717) is 27.5 Å². The summed E-state index contributed by atoms with van der Waals surface area (Å²) in [5, 5.41) is 0.476. The number of thiophene rings is 1. The third kappa shape index (κ3) is 3.45. The third-order valence-corrected chi connectivity index (χ3v) is 5.19. The van der Waals surface area contributed by atoms with E-state index in [4.69, 9.17) is 14.2 Å². The summed E-state index contributed by atoms with van der Waals surface area (Å²) in [7, 11) is 4.40. The second kappa shape index (κ2) is 7.67. The average Bonchev–Trinajstić information content (AvgIpc) is 3.13. The number of aromatic nitrogens is 2. The van der Waals surface area contributed by atoms with Crippen LogP contribution in [0.25, 0.3) is 10.2 Å². The van der Waals surface area contributed by atoms with Crippen molar-refractivity contribution in [2.75, 3.05) is 26.8 Å². The van der Waals surface area contributed by atoms with Gasteiger partial charge in [0.1, 0.15) is 11.2 Å². The highest BCUT2D eigenvalue weighted by atomic mass is 32.1. The second-order valence-corrected chi connectivity index (χ2v) is 6.67. The number of benzene rings is 1. The van der Waals surface area contributed by atoms with Crippen LogP contribution in [0.15, 0.2) is 29.3 Å². The lowest BCUT2D eigenvalue weighted by Crippen LogP contribution is -2.33. The smallest absolute Gasteiger partial charge is 0.280 e. The Morgan fingerprint density at radius 1 is 1.15 bits per heavy atom. The van der Waals surface area contributed by atoms with Gasteiger partial charge in [0.25, 0.3) is 11.5 Å². The normalized spacial score (nSPS) is 10.7. The first-order chi connectivity index (χ1) is 13.0. The van der Waals surface area contributed by atoms with Crippen molar-refractivity contribution in [1.82, 2.24) is 9.66 Å². The molecular formula is C18H19N3O5S. The van der Waals surface area contributed by atoms with Crippen molar-refractivity contribution >= 4 is 27.5 Å². The molecule has 0 saturated heterocycles. The fraction of sp³-hybridized carbons (Fsp3) is 0.278. The van der Waals surface area contributed by atoms with Gasteiger partial charge in [0.15, 0.2) is 11.5 Å². The molecule has 0 spiro atoms. The molecule has 0 atom stereocenters. The first kappa shape index (κ1) is 18.7. The van der Waals surface area contributed by atoms with E-state index < -0.39 is 5.91 Å². The van der Waals surface area contributed by atoms with E-state index >= 15 is 0 Å². The number of hydrogen-bond donors (Lipinski definition) is 1. The third-order valence-electron chi connectivity index (χ3n) is 4.00. The highest BCUT2D eigenvalue weighted by molar-refractivity contribution is 7.18. The lowest BCUT2D eigenvalue weighted by atomic mass is 10.1. The van der Waals surface area contributed by atoms with Gasteiger partial charge in [-0.15, -0.1) is 11.3 Å². The number of rotatable bonds is 6. The highest BCUT2D eigenvalue weighted by Crippen LogP contribution is 2.38.